The molecule has 0 aliphatic carbocycles. The lowest BCUT2D eigenvalue weighted by Gasteiger charge is -2.33. The Morgan fingerprint density at radius 3 is 2.16 bits per heavy atom. The zero-order chi connectivity index (χ0) is 22.0. The monoisotopic (exact) mass is 418 g/mol. The van der Waals surface area contributed by atoms with E-state index >= 15 is 0 Å². The van der Waals surface area contributed by atoms with Gasteiger partial charge >= 0.3 is 0 Å². The van der Waals surface area contributed by atoms with E-state index in [2.05, 4.69) is 20.1 Å². The van der Waals surface area contributed by atoms with Crippen molar-refractivity contribution in [1.29, 1.82) is 0 Å². The summed E-state index contributed by atoms with van der Waals surface area (Å²) in [5.74, 6) is 0.160. The molecular weight excluding hydrogens is 388 g/mol. The van der Waals surface area contributed by atoms with Gasteiger partial charge in [-0.1, -0.05) is 36.4 Å². The van der Waals surface area contributed by atoms with Gasteiger partial charge in [0, 0.05) is 54.0 Å². The molecular formula is C25H30N4O2. The molecule has 4 rings (SSSR count). The number of carbonyl (C=O) groups is 2. The fourth-order valence-electron chi connectivity index (χ4n) is 4.42. The molecule has 1 fully saturated rings. The summed E-state index contributed by atoms with van der Waals surface area (Å²) >= 11 is 0. The van der Waals surface area contributed by atoms with E-state index < -0.39 is 0 Å². The van der Waals surface area contributed by atoms with Crippen LogP contribution in [-0.4, -0.2) is 65.7 Å². The third-order valence-corrected chi connectivity index (χ3v) is 6.12. The van der Waals surface area contributed by atoms with Crippen LogP contribution in [0.1, 0.15) is 27.2 Å². The van der Waals surface area contributed by atoms with Crippen molar-refractivity contribution in [2.45, 2.75) is 20.8 Å². The van der Waals surface area contributed by atoms with Crippen LogP contribution in [0.4, 0.5) is 5.69 Å². The average molecular weight is 419 g/mol. The Bertz CT molecular complexity index is 1090. The number of para-hydroxylation sites is 2. The Labute approximate surface area is 183 Å². The molecule has 6 nitrogen and oxygen atoms in total. The predicted molar refractivity (Wildman–Crippen MR) is 125 cm³/mol. The maximum Gasteiger partial charge on any atom is 0.238 e. The van der Waals surface area contributed by atoms with Crippen molar-refractivity contribution in [3.63, 3.8) is 0 Å². The number of hydrogen-bond donors (Lipinski definition) is 2. The average Bonchev–Trinajstić information content (AvgIpc) is 3.08. The Morgan fingerprint density at radius 2 is 1.48 bits per heavy atom. The summed E-state index contributed by atoms with van der Waals surface area (Å²) in [5, 5.41) is 4.05. The largest absolute Gasteiger partial charge is 0.358 e. The van der Waals surface area contributed by atoms with E-state index in [1.807, 2.05) is 63.2 Å². The number of Topliss-reactive ketones (excluding diaryl/α,β-unsaturated/α-hetero) is 1. The normalized spacial score (nSPS) is 15.3. The molecule has 1 amide bonds. The zero-order valence-electron chi connectivity index (χ0n) is 18.5. The number of piperazine rings is 1. The van der Waals surface area contributed by atoms with Gasteiger partial charge in [-0.3, -0.25) is 19.4 Å². The van der Waals surface area contributed by atoms with Crippen LogP contribution in [0.15, 0.2) is 42.5 Å². The number of ketones is 1. The molecule has 2 aromatic carbocycles. The van der Waals surface area contributed by atoms with Crippen molar-refractivity contribution < 1.29 is 9.59 Å². The third kappa shape index (κ3) is 4.70. The van der Waals surface area contributed by atoms with E-state index in [0.717, 1.165) is 65.2 Å². The maximum atomic E-state index is 13.0. The first-order chi connectivity index (χ1) is 14.9. The van der Waals surface area contributed by atoms with Crippen molar-refractivity contribution in [2.75, 3.05) is 44.6 Å². The van der Waals surface area contributed by atoms with Crippen LogP contribution in [0.2, 0.25) is 0 Å². The summed E-state index contributed by atoms with van der Waals surface area (Å²) < 4.78 is 0. The minimum atomic E-state index is 0.0105. The molecule has 2 N–H and O–H groups in total. The first kappa shape index (κ1) is 21.3. The number of nitrogens with one attached hydrogen (secondary N) is 2. The van der Waals surface area contributed by atoms with E-state index in [-0.39, 0.29) is 11.7 Å². The van der Waals surface area contributed by atoms with Crippen LogP contribution in [0.25, 0.3) is 10.9 Å². The van der Waals surface area contributed by atoms with Gasteiger partial charge in [0.2, 0.25) is 5.91 Å². The molecule has 6 heteroatoms. The molecule has 0 radical (unpaired) electrons. The van der Waals surface area contributed by atoms with Gasteiger partial charge in [0.1, 0.15) is 0 Å². The molecule has 1 saturated heterocycles. The van der Waals surface area contributed by atoms with E-state index in [0.29, 0.717) is 13.1 Å². The van der Waals surface area contributed by atoms with Gasteiger partial charge < -0.3 is 10.3 Å². The summed E-state index contributed by atoms with van der Waals surface area (Å²) in [6.45, 7) is 9.87. The van der Waals surface area contributed by atoms with Crippen molar-refractivity contribution in [1.82, 2.24) is 14.8 Å². The minimum Gasteiger partial charge on any atom is -0.358 e. The number of fused-ring (bicyclic) bond motifs is 1. The van der Waals surface area contributed by atoms with Gasteiger partial charge in [0.25, 0.3) is 0 Å². The van der Waals surface area contributed by atoms with Crippen molar-refractivity contribution in [2.24, 2.45) is 0 Å². The lowest BCUT2D eigenvalue weighted by Crippen LogP contribution is -2.49. The van der Waals surface area contributed by atoms with Crippen LogP contribution in [0, 0.1) is 20.8 Å². The second-order valence-corrected chi connectivity index (χ2v) is 8.46. The highest BCUT2D eigenvalue weighted by atomic mass is 16.2. The number of aromatic nitrogens is 1. The number of H-pyrrole nitrogens is 1. The number of amides is 1. The Balaban J connectivity index is 1.30. The van der Waals surface area contributed by atoms with Crippen LogP contribution < -0.4 is 5.32 Å². The third-order valence-electron chi connectivity index (χ3n) is 6.12. The highest BCUT2D eigenvalue weighted by Crippen LogP contribution is 2.23. The van der Waals surface area contributed by atoms with E-state index in [1.165, 1.54) is 0 Å². The Morgan fingerprint density at radius 1 is 0.871 bits per heavy atom. The molecule has 0 bridgehead atoms. The quantitative estimate of drug-likeness (QED) is 0.601. The van der Waals surface area contributed by atoms with Gasteiger partial charge in [-0.2, -0.15) is 0 Å². The fraction of sp³-hybridized carbons (Fsp3) is 0.360. The van der Waals surface area contributed by atoms with Crippen LogP contribution in [0.3, 0.4) is 0 Å². The lowest BCUT2D eigenvalue weighted by molar-refractivity contribution is -0.117. The summed E-state index contributed by atoms with van der Waals surface area (Å²) in [4.78, 5) is 33.2. The molecule has 0 saturated carbocycles. The van der Waals surface area contributed by atoms with Crippen LogP contribution in [-0.2, 0) is 4.79 Å². The van der Waals surface area contributed by atoms with E-state index in [1.54, 1.807) is 0 Å². The molecule has 1 aromatic heterocycles. The molecule has 0 atom stereocenters. The second-order valence-electron chi connectivity index (χ2n) is 8.46. The molecule has 0 unspecified atom stereocenters. The van der Waals surface area contributed by atoms with E-state index in [4.69, 9.17) is 0 Å². The first-order valence-corrected chi connectivity index (χ1v) is 10.8. The van der Waals surface area contributed by atoms with Gasteiger partial charge in [0.05, 0.1) is 13.1 Å². The van der Waals surface area contributed by atoms with Gasteiger partial charge in [-0.25, -0.2) is 0 Å². The van der Waals surface area contributed by atoms with Crippen LogP contribution >= 0.6 is 0 Å². The Hall–Kier alpha value is -2.96. The minimum absolute atomic E-state index is 0.0105. The summed E-state index contributed by atoms with van der Waals surface area (Å²) in [7, 11) is 0. The number of hydrogen-bond acceptors (Lipinski definition) is 4. The Kier molecular flexibility index (Phi) is 6.20. The second kappa shape index (κ2) is 9.04. The number of benzene rings is 2. The van der Waals surface area contributed by atoms with Crippen molar-refractivity contribution in [3.05, 3.63) is 64.8 Å². The standard InChI is InChI=1S/C25H30N4O2/c1-17-7-6-8-18(2)25(17)27-23(31)16-29-13-11-28(12-14-29)15-22(30)24-19(3)26-21-10-5-4-9-20(21)24/h4-10,26H,11-16H2,1-3H3,(H,27,31). The molecule has 31 heavy (non-hydrogen) atoms. The summed E-state index contributed by atoms with van der Waals surface area (Å²) in [6, 6.07) is 14.0. The molecule has 3 aromatic rings. The fourth-order valence-corrected chi connectivity index (χ4v) is 4.42. The topological polar surface area (TPSA) is 68.4 Å². The maximum absolute atomic E-state index is 13.0. The van der Waals surface area contributed by atoms with Crippen molar-refractivity contribution in [3.8, 4) is 0 Å². The van der Waals surface area contributed by atoms with Crippen LogP contribution in [0.5, 0.6) is 0 Å². The number of aryl methyl sites for hydroxylation is 3. The molecule has 162 valence electrons. The SMILES string of the molecule is Cc1cccc(C)c1NC(=O)CN1CCN(CC(=O)c2c(C)[nH]c3ccccc23)CC1. The smallest absolute Gasteiger partial charge is 0.238 e. The number of anilines is 1. The molecule has 1 aliphatic heterocycles. The van der Waals surface area contributed by atoms with E-state index in [9.17, 15) is 9.59 Å². The van der Waals surface area contributed by atoms with Gasteiger partial charge in [0.15, 0.2) is 5.78 Å². The first-order valence-electron chi connectivity index (χ1n) is 10.8. The molecule has 1 aliphatic rings. The summed E-state index contributed by atoms with van der Waals surface area (Å²) in [5.41, 5.74) is 5.78. The molecule has 0 spiro atoms. The number of carbonyl (C=O) groups excluding carboxylic acids is 2. The zero-order valence-corrected chi connectivity index (χ0v) is 18.5. The number of nitrogens with zero attached hydrogens (tertiary/aromatic N) is 2. The van der Waals surface area contributed by atoms with Crippen molar-refractivity contribution >= 4 is 28.3 Å². The van der Waals surface area contributed by atoms with Gasteiger partial charge in [-0.15, -0.1) is 0 Å². The highest BCUT2D eigenvalue weighted by Gasteiger charge is 2.23. The highest BCUT2D eigenvalue weighted by molar-refractivity contribution is 6.10. The predicted octanol–water partition coefficient (Wildman–Crippen LogP) is 3.53. The lowest BCUT2D eigenvalue weighted by atomic mass is 10.1. The number of rotatable bonds is 6. The summed E-state index contributed by atoms with van der Waals surface area (Å²) in [6.07, 6.45) is 0. The van der Waals surface area contributed by atoms with Gasteiger partial charge in [-0.05, 0) is 38.0 Å². The molecule has 2 heterocycles. The number of aromatic amines is 1.